The molecular formula is C27H29N5O5. The molecule has 2 aliphatic carbocycles. The summed E-state index contributed by atoms with van der Waals surface area (Å²) in [6.45, 7) is 0.984. The van der Waals surface area contributed by atoms with Crippen molar-refractivity contribution in [3.05, 3.63) is 46.4 Å². The normalized spacial score (nSPS) is 26.9. The molecule has 10 nitrogen and oxygen atoms in total. The summed E-state index contributed by atoms with van der Waals surface area (Å²) in [6.07, 6.45) is 5.44. The highest BCUT2D eigenvalue weighted by Crippen LogP contribution is 2.46. The molecule has 1 amide bonds. The summed E-state index contributed by atoms with van der Waals surface area (Å²) in [6, 6.07) is 5.90. The Hall–Kier alpha value is -3.39. The van der Waals surface area contributed by atoms with E-state index in [2.05, 4.69) is 26.7 Å². The Morgan fingerprint density at radius 3 is 2.81 bits per heavy atom. The predicted molar refractivity (Wildman–Crippen MR) is 131 cm³/mol. The zero-order valence-corrected chi connectivity index (χ0v) is 20.5. The fraction of sp³-hybridized carbons (Fsp3) is 0.519. The fourth-order valence-corrected chi connectivity index (χ4v) is 6.07. The van der Waals surface area contributed by atoms with Gasteiger partial charge in [0.15, 0.2) is 18.2 Å². The second kappa shape index (κ2) is 9.17. The molecule has 1 atom stereocenters. The Balaban J connectivity index is 1.12. The lowest BCUT2D eigenvalue weighted by atomic mass is 9.68. The maximum atomic E-state index is 12.1. The van der Waals surface area contributed by atoms with Crippen LogP contribution in [0.5, 0.6) is 5.75 Å². The molecule has 5 heterocycles. The van der Waals surface area contributed by atoms with Crippen LogP contribution in [0.15, 0.2) is 18.3 Å². The van der Waals surface area contributed by atoms with E-state index in [-0.39, 0.29) is 36.7 Å². The Kier molecular flexibility index (Phi) is 5.94. The minimum absolute atomic E-state index is 0.0000863. The number of aliphatic hydroxyl groups is 1. The summed E-state index contributed by atoms with van der Waals surface area (Å²) in [4.78, 5) is 32.7. The van der Waals surface area contributed by atoms with Crippen LogP contribution in [0.2, 0.25) is 0 Å². The van der Waals surface area contributed by atoms with Crippen molar-refractivity contribution in [1.29, 1.82) is 5.26 Å². The van der Waals surface area contributed by atoms with Crippen molar-refractivity contribution in [3.8, 4) is 11.8 Å². The lowest BCUT2D eigenvalue weighted by molar-refractivity contribution is -0.208. The number of carbonyl (C=O) groups is 2. The van der Waals surface area contributed by atoms with Crippen LogP contribution < -0.4 is 15.4 Å². The molecule has 2 aromatic heterocycles. The molecule has 5 aliphatic rings. The quantitative estimate of drug-likeness (QED) is 0.534. The van der Waals surface area contributed by atoms with Crippen LogP contribution in [0.1, 0.15) is 60.2 Å². The van der Waals surface area contributed by atoms with Crippen LogP contribution in [0.25, 0.3) is 0 Å². The first-order valence-corrected chi connectivity index (χ1v) is 12.8. The van der Waals surface area contributed by atoms with Gasteiger partial charge in [0.25, 0.3) is 5.91 Å². The number of pyridine rings is 2. The topological polar surface area (TPSA) is 146 Å². The number of ether oxygens (including phenoxy) is 2. The van der Waals surface area contributed by atoms with E-state index in [0.29, 0.717) is 56.0 Å². The molecule has 37 heavy (non-hydrogen) atoms. The second-order valence-electron chi connectivity index (χ2n) is 10.6. The largest absolute Gasteiger partial charge is 0.480 e. The highest BCUT2D eigenvalue weighted by atomic mass is 16.5. The Labute approximate surface area is 214 Å². The van der Waals surface area contributed by atoms with Gasteiger partial charge in [-0.15, -0.1) is 0 Å². The third kappa shape index (κ3) is 4.37. The van der Waals surface area contributed by atoms with Gasteiger partial charge in [0.1, 0.15) is 11.9 Å². The Morgan fingerprint density at radius 2 is 2.05 bits per heavy atom. The molecule has 0 spiro atoms. The number of anilines is 1. The zero-order valence-electron chi connectivity index (χ0n) is 20.5. The summed E-state index contributed by atoms with van der Waals surface area (Å²) < 4.78 is 11.7. The average Bonchev–Trinajstić information content (AvgIpc) is 2.93. The van der Waals surface area contributed by atoms with Gasteiger partial charge in [-0.1, -0.05) is 0 Å². The first-order valence-electron chi connectivity index (χ1n) is 12.8. The van der Waals surface area contributed by atoms with Gasteiger partial charge >= 0.3 is 0 Å². The molecule has 7 rings (SSSR count). The zero-order chi connectivity index (χ0) is 25.6. The number of nitrogens with one attached hydrogen (secondary N) is 2. The highest BCUT2D eigenvalue weighted by Gasteiger charge is 2.53. The van der Waals surface area contributed by atoms with Crippen molar-refractivity contribution in [3.63, 3.8) is 0 Å². The monoisotopic (exact) mass is 503 g/mol. The number of hydrogen-bond acceptors (Lipinski definition) is 9. The van der Waals surface area contributed by atoms with Crippen LogP contribution in [-0.4, -0.2) is 57.2 Å². The number of rotatable bonds is 6. The predicted octanol–water partition coefficient (Wildman–Crippen LogP) is 1.51. The molecule has 2 saturated heterocycles. The molecule has 1 unspecified atom stereocenters. The summed E-state index contributed by atoms with van der Waals surface area (Å²) in [5, 5.41) is 27.4. The van der Waals surface area contributed by atoms with E-state index < -0.39 is 11.7 Å². The summed E-state index contributed by atoms with van der Waals surface area (Å²) in [7, 11) is 0. The smallest absolute Gasteiger partial charge is 0.263 e. The number of aryl methyl sites for hydroxylation is 1. The van der Waals surface area contributed by atoms with E-state index >= 15 is 0 Å². The molecule has 0 aromatic carbocycles. The van der Waals surface area contributed by atoms with Gasteiger partial charge in [0.2, 0.25) is 0 Å². The van der Waals surface area contributed by atoms with Gasteiger partial charge in [-0.25, -0.2) is 4.98 Å². The molecule has 3 N–H and O–H groups in total. The fourth-order valence-electron chi connectivity index (χ4n) is 6.07. The number of fused-ring (bicyclic) bond motifs is 5. The van der Waals surface area contributed by atoms with Gasteiger partial charge < -0.3 is 25.2 Å². The van der Waals surface area contributed by atoms with E-state index in [4.69, 9.17) is 9.47 Å². The third-order valence-electron chi connectivity index (χ3n) is 8.39. The van der Waals surface area contributed by atoms with Crippen molar-refractivity contribution in [2.75, 3.05) is 18.5 Å². The first-order chi connectivity index (χ1) is 17.9. The molecule has 192 valence electrons. The van der Waals surface area contributed by atoms with Gasteiger partial charge in [-0.3, -0.25) is 14.6 Å². The number of aliphatic hydroxyl groups excluding tert-OH is 1. The maximum absolute atomic E-state index is 12.1. The third-order valence-corrected chi connectivity index (χ3v) is 8.39. The SMILES string of the molecule is N#Cc1cnc2c(c1CC(O)C13CCC(NCc4ccc5c(n4)NC(=O)CO5)(CC1)CO3)CC(=O)CC2. The first kappa shape index (κ1) is 24.0. The van der Waals surface area contributed by atoms with E-state index in [1.54, 1.807) is 6.20 Å². The van der Waals surface area contributed by atoms with Crippen molar-refractivity contribution in [1.82, 2.24) is 15.3 Å². The molecule has 1 saturated carbocycles. The van der Waals surface area contributed by atoms with E-state index in [1.165, 1.54) is 0 Å². The number of hydrogen-bond donors (Lipinski definition) is 3. The Morgan fingerprint density at radius 1 is 1.22 bits per heavy atom. The average molecular weight is 504 g/mol. The van der Waals surface area contributed by atoms with E-state index in [9.17, 15) is 20.0 Å². The Bertz CT molecular complexity index is 1290. The minimum Gasteiger partial charge on any atom is -0.480 e. The van der Waals surface area contributed by atoms with Crippen LogP contribution in [0, 0.1) is 11.3 Å². The number of ketones is 1. The van der Waals surface area contributed by atoms with Crippen LogP contribution in [0.3, 0.4) is 0 Å². The molecule has 2 bridgehead atoms. The minimum atomic E-state index is -0.785. The van der Waals surface area contributed by atoms with Crippen molar-refractivity contribution >= 4 is 17.5 Å². The van der Waals surface area contributed by atoms with Crippen molar-refractivity contribution < 1.29 is 24.2 Å². The number of nitriles is 1. The number of amides is 1. The molecule has 10 heteroatoms. The second-order valence-corrected chi connectivity index (χ2v) is 10.6. The van der Waals surface area contributed by atoms with E-state index in [1.807, 2.05) is 12.1 Å². The molecule has 3 fully saturated rings. The van der Waals surface area contributed by atoms with Gasteiger partial charge in [0.05, 0.1) is 29.6 Å². The van der Waals surface area contributed by atoms with Crippen molar-refractivity contribution in [2.45, 2.75) is 75.2 Å². The van der Waals surface area contributed by atoms with Gasteiger partial charge in [-0.2, -0.15) is 5.26 Å². The summed E-state index contributed by atoms with van der Waals surface area (Å²) in [5.74, 6) is 0.935. The molecule has 3 aliphatic heterocycles. The number of Topliss-reactive ketones (excluding diaryl/α,β-unsaturated/α-hetero) is 1. The molecule has 2 aromatic rings. The highest BCUT2D eigenvalue weighted by molar-refractivity contribution is 5.94. The maximum Gasteiger partial charge on any atom is 0.263 e. The number of nitrogens with zero attached hydrogens (tertiary/aromatic N) is 3. The summed E-state index contributed by atoms with van der Waals surface area (Å²) in [5.41, 5.74) is 2.74. The van der Waals surface area contributed by atoms with Crippen LogP contribution >= 0.6 is 0 Å². The summed E-state index contributed by atoms with van der Waals surface area (Å²) >= 11 is 0. The number of carbonyl (C=O) groups excluding carboxylic acids is 2. The molecular weight excluding hydrogens is 474 g/mol. The van der Waals surface area contributed by atoms with Gasteiger partial charge in [-0.05, 0) is 55.4 Å². The lowest BCUT2D eigenvalue weighted by Crippen LogP contribution is -2.65. The van der Waals surface area contributed by atoms with Crippen LogP contribution in [-0.2, 0) is 40.1 Å². The van der Waals surface area contributed by atoms with E-state index in [0.717, 1.165) is 35.4 Å². The standard InChI is InChI=1S/C27H29N5O5/c28-11-16-12-29-21-3-2-18(33)9-20(21)19(16)10-23(34)27-7-5-26(6-8-27,15-37-27)30-13-17-1-4-22-25(31-17)32-24(35)14-36-22/h1,4,12,23,30,34H,2-3,5-10,13-15H2,(H,31,32,35). The number of aromatic nitrogens is 2. The lowest BCUT2D eigenvalue weighted by Gasteiger charge is -2.55. The van der Waals surface area contributed by atoms with Gasteiger partial charge in [0, 0.05) is 43.2 Å². The van der Waals surface area contributed by atoms with Crippen LogP contribution in [0.4, 0.5) is 5.82 Å². The molecule has 0 radical (unpaired) electrons. The van der Waals surface area contributed by atoms with Crippen molar-refractivity contribution in [2.24, 2.45) is 0 Å².